The van der Waals surface area contributed by atoms with Crippen molar-refractivity contribution in [2.75, 3.05) is 39.5 Å². The highest BCUT2D eigenvalue weighted by atomic mass is 16.6. The molecule has 1 aromatic heterocycles. The number of likely N-dealkylation sites (tertiary alicyclic amines) is 1. The molecule has 3 aromatic carbocycles. The van der Waals surface area contributed by atoms with Crippen LogP contribution in [0.25, 0.3) is 5.57 Å². The third kappa shape index (κ3) is 6.92. The molecule has 1 N–H and O–H groups in total. The van der Waals surface area contributed by atoms with E-state index in [4.69, 9.17) is 13.9 Å². The second-order valence-corrected chi connectivity index (χ2v) is 12.1. The third-order valence-electron chi connectivity index (χ3n) is 9.36. The number of piperidine rings is 1. The van der Waals surface area contributed by atoms with Crippen LogP contribution >= 0.6 is 0 Å². The number of hydrogen-bond acceptors (Lipinski definition) is 10. The molecule has 1 saturated heterocycles. The van der Waals surface area contributed by atoms with Crippen LogP contribution in [0, 0.1) is 10.1 Å². The summed E-state index contributed by atoms with van der Waals surface area (Å²) in [6.45, 7) is 7.11. The van der Waals surface area contributed by atoms with Crippen LogP contribution in [0.5, 0.6) is 0 Å². The largest absolute Gasteiger partial charge is 0.460 e. The normalized spacial score (nSPS) is 18.0. The van der Waals surface area contributed by atoms with E-state index in [0.29, 0.717) is 34.7 Å². The van der Waals surface area contributed by atoms with E-state index in [-0.39, 0.29) is 30.2 Å². The van der Waals surface area contributed by atoms with Crippen LogP contribution < -0.4 is 5.32 Å². The maximum absolute atomic E-state index is 13.6. The lowest BCUT2D eigenvalue weighted by molar-refractivity contribution is -0.384. The molecule has 48 heavy (non-hydrogen) atoms. The van der Waals surface area contributed by atoms with Gasteiger partial charge in [-0.05, 0) is 56.5 Å². The van der Waals surface area contributed by atoms with Gasteiger partial charge in [0.2, 0.25) is 12.3 Å². The Morgan fingerprint density at radius 1 is 0.958 bits per heavy atom. The van der Waals surface area contributed by atoms with Gasteiger partial charge in [0.15, 0.2) is 0 Å². The molecule has 1 unspecified atom stereocenters. The van der Waals surface area contributed by atoms with Gasteiger partial charge in [-0.1, -0.05) is 72.8 Å². The molecule has 11 heteroatoms. The first-order valence-corrected chi connectivity index (χ1v) is 16.1. The molecule has 1 fully saturated rings. The van der Waals surface area contributed by atoms with Gasteiger partial charge >= 0.3 is 5.97 Å². The van der Waals surface area contributed by atoms with Gasteiger partial charge in [-0.2, -0.15) is 0 Å². The molecule has 0 bridgehead atoms. The van der Waals surface area contributed by atoms with Crippen LogP contribution in [0.3, 0.4) is 0 Å². The first-order chi connectivity index (χ1) is 23.4. The van der Waals surface area contributed by atoms with E-state index in [1.807, 2.05) is 6.92 Å². The number of ether oxygens (including phenoxy) is 2. The van der Waals surface area contributed by atoms with Crippen molar-refractivity contribution in [3.8, 4) is 0 Å². The molecular formula is C37H39N5O6. The number of carbonyl (C=O) groups excluding carboxylic acids is 1. The zero-order valence-corrected chi connectivity index (χ0v) is 27.1. The average molecular weight is 650 g/mol. The van der Waals surface area contributed by atoms with Gasteiger partial charge in [-0.3, -0.25) is 10.1 Å². The molecule has 0 amide bonds. The molecule has 0 radical (unpaired) electrons. The smallest absolute Gasteiger partial charge is 0.336 e. The van der Waals surface area contributed by atoms with Crippen molar-refractivity contribution in [2.45, 2.75) is 38.0 Å². The standard InChI is InChI=1S/C37H39N5O6/c1-26-32(35-40-38-25-48-35)34(28-10-9-15-31(24-28)42(44)45)33(27(2)39-26)36(43)47-23-22-46-21-20-41-18-16-37(17-19-41,29-11-5-3-6-12-29)30-13-7-4-8-14-30/h3-15,24-25,34,39H,16-23H2,1-2H3. The monoisotopic (exact) mass is 649 g/mol. The van der Waals surface area contributed by atoms with Crippen LogP contribution in [-0.4, -0.2) is 65.4 Å². The number of carbonyl (C=O) groups is 1. The Bertz CT molecular complexity index is 1740. The second-order valence-electron chi connectivity index (χ2n) is 12.1. The van der Waals surface area contributed by atoms with E-state index in [0.717, 1.165) is 32.5 Å². The maximum atomic E-state index is 13.6. The molecule has 248 valence electrons. The number of esters is 1. The van der Waals surface area contributed by atoms with Gasteiger partial charge in [0.05, 0.1) is 29.6 Å². The van der Waals surface area contributed by atoms with Crippen molar-refractivity contribution >= 4 is 17.2 Å². The summed E-state index contributed by atoms with van der Waals surface area (Å²) in [5.41, 5.74) is 5.27. The topological polar surface area (TPSA) is 133 Å². The Hall–Kier alpha value is -5.13. The zero-order valence-electron chi connectivity index (χ0n) is 27.1. The summed E-state index contributed by atoms with van der Waals surface area (Å²) >= 11 is 0. The number of nitro groups is 1. The maximum Gasteiger partial charge on any atom is 0.336 e. The first kappa shape index (κ1) is 32.8. The van der Waals surface area contributed by atoms with E-state index in [9.17, 15) is 14.9 Å². The number of non-ortho nitro benzene ring substituents is 1. The Labute approximate surface area is 279 Å². The molecule has 4 aromatic rings. The van der Waals surface area contributed by atoms with Crippen LogP contribution in [0.1, 0.15) is 55.2 Å². The summed E-state index contributed by atoms with van der Waals surface area (Å²) < 4.78 is 17.1. The minimum atomic E-state index is -0.724. The fraction of sp³-hybridized carbons (Fsp3) is 0.324. The van der Waals surface area contributed by atoms with Crippen LogP contribution in [0.2, 0.25) is 0 Å². The molecule has 3 heterocycles. The van der Waals surface area contributed by atoms with Gasteiger partial charge < -0.3 is 24.1 Å². The van der Waals surface area contributed by atoms with Gasteiger partial charge in [-0.25, -0.2) is 4.79 Å². The average Bonchev–Trinajstić information content (AvgIpc) is 3.65. The molecular weight excluding hydrogens is 610 g/mol. The minimum Gasteiger partial charge on any atom is -0.460 e. The number of benzene rings is 3. The molecule has 2 aliphatic heterocycles. The minimum absolute atomic E-state index is 0.00545. The van der Waals surface area contributed by atoms with Crippen molar-refractivity contribution in [2.24, 2.45) is 0 Å². The fourth-order valence-corrected chi connectivity index (χ4v) is 6.97. The SMILES string of the molecule is CC1=C(C(=O)OCCOCCN2CCC(c3ccccc3)(c3ccccc3)CC2)C(c2cccc([N+](=O)[O-])c2)C(c2nnco2)=C(C)N1. The van der Waals surface area contributed by atoms with Gasteiger partial charge in [0, 0.05) is 41.1 Å². The van der Waals surface area contributed by atoms with E-state index in [1.54, 1.807) is 19.1 Å². The highest BCUT2D eigenvalue weighted by Crippen LogP contribution is 2.44. The van der Waals surface area contributed by atoms with Gasteiger partial charge in [0.1, 0.15) is 6.61 Å². The fourth-order valence-electron chi connectivity index (χ4n) is 6.97. The first-order valence-electron chi connectivity index (χ1n) is 16.1. The van der Waals surface area contributed by atoms with E-state index in [2.05, 4.69) is 81.1 Å². The molecule has 0 saturated carbocycles. The summed E-state index contributed by atoms with van der Waals surface area (Å²) in [4.78, 5) is 27.1. The Morgan fingerprint density at radius 3 is 2.27 bits per heavy atom. The second kappa shape index (κ2) is 14.7. The quantitative estimate of drug-likeness (QED) is 0.0842. The van der Waals surface area contributed by atoms with E-state index >= 15 is 0 Å². The van der Waals surface area contributed by atoms with Crippen molar-refractivity contribution in [1.82, 2.24) is 20.4 Å². The Morgan fingerprint density at radius 2 is 1.65 bits per heavy atom. The van der Waals surface area contributed by atoms with Gasteiger partial charge in [0.25, 0.3) is 5.69 Å². The highest BCUT2D eigenvalue weighted by molar-refractivity contribution is 5.97. The Balaban J connectivity index is 1.05. The summed E-state index contributed by atoms with van der Waals surface area (Å²) in [5.74, 6) is -1.07. The summed E-state index contributed by atoms with van der Waals surface area (Å²) in [7, 11) is 0. The molecule has 11 nitrogen and oxygen atoms in total. The number of hydrogen-bond donors (Lipinski definition) is 1. The van der Waals surface area contributed by atoms with Crippen LogP contribution in [0.4, 0.5) is 5.69 Å². The number of rotatable bonds is 12. The number of nitrogens with one attached hydrogen (secondary N) is 1. The predicted molar refractivity (Wildman–Crippen MR) is 180 cm³/mol. The highest BCUT2D eigenvalue weighted by Gasteiger charge is 2.39. The summed E-state index contributed by atoms with van der Waals surface area (Å²) in [6, 6.07) is 27.8. The molecule has 0 aliphatic carbocycles. The lowest BCUT2D eigenvalue weighted by atomic mass is 9.68. The van der Waals surface area contributed by atoms with E-state index in [1.165, 1.54) is 29.7 Å². The van der Waals surface area contributed by atoms with Crippen molar-refractivity contribution < 1.29 is 23.6 Å². The number of dihydropyridines is 1. The van der Waals surface area contributed by atoms with Crippen molar-refractivity contribution in [3.63, 3.8) is 0 Å². The summed E-state index contributed by atoms with van der Waals surface area (Å²) in [5, 5.41) is 22.7. The van der Waals surface area contributed by atoms with Gasteiger partial charge in [-0.15, -0.1) is 10.2 Å². The molecule has 6 rings (SSSR count). The van der Waals surface area contributed by atoms with Crippen LogP contribution in [-0.2, 0) is 19.7 Å². The van der Waals surface area contributed by atoms with E-state index < -0.39 is 16.8 Å². The lowest BCUT2D eigenvalue weighted by Gasteiger charge is -2.43. The summed E-state index contributed by atoms with van der Waals surface area (Å²) in [6.07, 6.45) is 3.24. The lowest BCUT2D eigenvalue weighted by Crippen LogP contribution is -2.44. The Kier molecular flexibility index (Phi) is 10.1. The van der Waals surface area contributed by atoms with Crippen LogP contribution in [0.15, 0.2) is 113 Å². The molecule has 1 atom stereocenters. The molecule has 2 aliphatic rings. The number of nitro benzene ring substituents is 1. The third-order valence-corrected chi connectivity index (χ3v) is 9.36. The zero-order chi connectivity index (χ0) is 33.5. The number of nitrogens with zero attached hydrogens (tertiary/aromatic N) is 4. The molecule has 0 spiro atoms. The van der Waals surface area contributed by atoms with Crippen molar-refractivity contribution in [3.05, 3.63) is 141 Å². The van der Waals surface area contributed by atoms with Crippen molar-refractivity contribution in [1.29, 1.82) is 0 Å². The predicted octanol–water partition coefficient (Wildman–Crippen LogP) is 6.01. The number of allylic oxidation sites excluding steroid dienone is 3. The number of aromatic nitrogens is 2.